The Morgan fingerprint density at radius 3 is 2.70 bits per heavy atom. The zero-order chi connectivity index (χ0) is 20.8. The molecule has 0 saturated carbocycles. The Bertz CT molecular complexity index is 949. The van der Waals surface area contributed by atoms with Gasteiger partial charge in [0, 0.05) is 24.9 Å². The predicted molar refractivity (Wildman–Crippen MR) is 121 cm³/mol. The van der Waals surface area contributed by atoms with Crippen molar-refractivity contribution in [3.8, 4) is 0 Å². The third-order valence-electron chi connectivity index (χ3n) is 6.58. The lowest BCUT2D eigenvalue weighted by molar-refractivity contribution is -0.122. The van der Waals surface area contributed by atoms with Crippen LogP contribution in [-0.4, -0.2) is 23.9 Å². The fraction of sp³-hybridized carbons (Fsp3) is 0.462. The Balaban J connectivity index is 1.34. The minimum atomic E-state index is -0.317. The zero-order valence-corrected chi connectivity index (χ0v) is 17.7. The number of nitrogens with one attached hydrogen (secondary N) is 2. The van der Waals surface area contributed by atoms with Crippen molar-refractivity contribution in [1.29, 1.82) is 0 Å². The number of allylic oxidation sites excluding steroid dienone is 1. The first-order valence-corrected chi connectivity index (χ1v) is 11.4. The van der Waals surface area contributed by atoms with E-state index in [1.807, 2.05) is 12.1 Å². The molecule has 1 fully saturated rings. The van der Waals surface area contributed by atoms with Crippen LogP contribution in [0.1, 0.15) is 63.4 Å². The maximum absolute atomic E-state index is 12.4. The van der Waals surface area contributed by atoms with Gasteiger partial charge >= 0.3 is 0 Å². The minimum Gasteiger partial charge on any atom is -0.356 e. The van der Waals surface area contributed by atoms with Gasteiger partial charge in [0.15, 0.2) is 0 Å². The van der Waals surface area contributed by atoms with E-state index in [2.05, 4.69) is 47.0 Å². The third-order valence-corrected chi connectivity index (χ3v) is 6.58. The smallest absolute Gasteiger partial charge is 0.220 e. The van der Waals surface area contributed by atoms with E-state index in [1.165, 1.54) is 47.6 Å². The van der Waals surface area contributed by atoms with Crippen molar-refractivity contribution < 1.29 is 9.59 Å². The summed E-state index contributed by atoms with van der Waals surface area (Å²) in [6, 6.07) is 14.8. The highest BCUT2D eigenvalue weighted by molar-refractivity contribution is 5.83. The molecule has 1 atom stereocenters. The minimum absolute atomic E-state index is 0.0884. The van der Waals surface area contributed by atoms with Gasteiger partial charge in [0.2, 0.25) is 11.8 Å². The van der Waals surface area contributed by atoms with Gasteiger partial charge in [0.25, 0.3) is 0 Å². The first-order valence-electron chi connectivity index (χ1n) is 11.4. The molecule has 1 aliphatic carbocycles. The van der Waals surface area contributed by atoms with Crippen LogP contribution < -0.4 is 10.6 Å². The molecule has 0 aromatic heterocycles. The monoisotopic (exact) mass is 404 g/mol. The molecule has 1 heterocycles. The van der Waals surface area contributed by atoms with Crippen LogP contribution in [0.25, 0.3) is 10.8 Å². The molecule has 2 aromatic carbocycles. The number of carbonyl (C=O) groups excluding carboxylic acids is 2. The second-order valence-electron chi connectivity index (χ2n) is 8.89. The number of amides is 2. The summed E-state index contributed by atoms with van der Waals surface area (Å²) in [5.74, 6) is 0.186. The van der Waals surface area contributed by atoms with E-state index in [1.54, 1.807) is 0 Å². The van der Waals surface area contributed by atoms with E-state index in [-0.39, 0.29) is 17.4 Å². The van der Waals surface area contributed by atoms with Crippen molar-refractivity contribution in [2.45, 2.75) is 69.7 Å². The number of hydrogen-bond acceptors (Lipinski definition) is 2. The number of rotatable bonds is 8. The highest BCUT2D eigenvalue weighted by atomic mass is 16.2. The van der Waals surface area contributed by atoms with Gasteiger partial charge in [0.1, 0.15) is 0 Å². The number of hydrogen-bond donors (Lipinski definition) is 2. The first kappa shape index (κ1) is 20.6. The summed E-state index contributed by atoms with van der Waals surface area (Å²) >= 11 is 0. The molecule has 30 heavy (non-hydrogen) atoms. The zero-order valence-electron chi connectivity index (χ0n) is 17.7. The van der Waals surface area contributed by atoms with Crippen LogP contribution in [0.15, 0.2) is 54.1 Å². The Morgan fingerprint density at radius 2 is 1.93 bits per heavy atom. The van der Waals surface area contributed by atoms with Crippen molar-refractivity contribution >= 4 is 22.6 Å². The number of carbonyl (C=O) groups is 2. The fourth-order valence-corrected chi connectivity index (χ4v) is 4.86. The van der Waals surface area contributed by atoms with E-state index < -0.39 is 0 Å². The van der Waals surface area contributed by atoms with Gasteiger partial charge in [-0.25, -0.2) is 0 Å². The van der Waals surface area contributed by atoms with Gasteiger partial charge in [-0.05, 0) is 67.7 Å². The average Bonchev–Trinajstić information content (AvgIpc) is 3.13. The number of fused-ring (bicyclic) bond motifs is 1. The SMILES string of the molecule is O=C(CCC1(Cc2ccc3ccccc3c2)CCC(=O)N1)NCCC1=CCCCC1. The molecule has 0 radical (unpaired) electrons. The van der Waals surface area contributed by atoms with Crippen LogP contribution in [0, 0.1) is 0 Å². The quantitative estimate of drug-likeness (QED) is 0.620. The molecule has 2 amide bonds. The van der Waals surface area contributed by atoms with Gasteiger partial charge in [-0.1, -0.05) is 54.1 Å². The summed E-state index contributed by atoms with van der Waals surface area (Å²) in [5.41, 5.74) is 2.38. The topological polar surface area (TPSA) is 58.2 Å². The first-order chi connectivity index (χ1) is 14.6. The lowest BCUT2D eigenvalue weighted by Gasteiger charge is -2.29. The Hall–Kier alpha value is -2.62. The van der Waals surface area contributed by atoms with Crippen LogP contribution >= 0.6 is 0 Å². The molecule has 0 bridgehead atoms. The molecular formula is C26H32N2O2. The molecule has 4 rings (SSSR count). The molecule has 2 aliphatic rings. The van der Waals surface area contributed by atoms with Gasteiger partial charge in [-0.3, -0.25) is 9.59 Å². The second-order valence-corrected chi connectivity index (χ2v) is 8.89. The Kier molecular flexibility index (Phi) is 6.51. The highest BCUT2D eigenvalue weighted by Gasteiger charge is 2.37. The summed E-state index contributed by atoms with van der Waals surface area (Å²) in [6.45, 7) is 0.717. The Labute approximate surface area is 179 Å². The van der Waals surface area contributed by atoms with Gasteiger partial charge < -0.3 is 10.6 Å². The summed E-state index contributed by atoms with van der Waals surface area (Å²) in [7, 11) is 0. The fourth-order valence-electron chi connectivity index (χ4n) is 4.86. The maximum Gasteiger partial charge on any atom is 0.220 e. The van der Waals surface area contributed by atoms with Crippen molar-refractivity contribution in [2.24, 2.45) is 0 Å². The molecule has 1 aliphatic heterocycles. The van der Waals surface area contributed by atoms with E-state index >= 15 is 0 Å². The molecule has 1 saturated heterocycles. The van der Waals surface area contributed by atoms with Crippen molar-refractivity contribution in [2.75, 3.05) is 6.54 Å². The predicted octanol–water partition coefficient (Wildman–Crippen LogP) is 4.82. The van der Waals surface area contributed by atoms with Gasteiger partial charge in [-0.2, -0.15) is 0 Å². The summed E-state index contributed by atoms with van der Waals surface area (Å²) in [4.78, 5) is 24.5. The van der Waals surface area contributed by atoms with E-state index in [4.69, 9.17) is 0 Å². The van der Waals surface area contributed by atoms with Crippen LogP contribution in [0.2, 0.25) is 0 Å². The van der Waals surface area contributed by atoms with Gasteiger partial charge in [0.05, 0.1) is 0 Å². The summed E-state index contributed by atoms with van der Waals surface area (Å²) < 4.78 is 0. The lowest BCUT2D eigenvalue weighted by Crippen LogP contribution is -2.44. The molecule has 2 N–H and O–H groups in total. The molecule has 4 nitrogen and oxygen atoms in total. The standard InChI is InChI=1S/C26H32N2O2/c29-24(27-17-14-20-6-2-1-3-7-20)12-15-26(16-13-25(30)28-26)19-21-10-11-22-8-4-5-9-23(22)18-21/h4-6,8-11,18H,1-3,7,12-17,19H2,(H,27,29)(H,28,30). The molecule has 158 valence electrons. The molecular weight excluding hydrogens is 372 g/mol. The van der Waals surface area contributed by atoms with Gasteiger partial charge in [-0.15, -0.1) is 0 Å². The van der Waals surface area contributed by atoms with E-state index in [0.717, 1.165) is 19.3 Å². The number of benzene rings is 2. The average molecular weight is 405 g/mol. The van der Waals surface area contributed by atoms with Crippen LogP contribution in [0.3, 0.4) is 0 Å². The van der Waals surface area contributed by atoms with Crippen molar-refractivity contribution in [3.05, 3.63) is 59.7 Å². The van der Waals surface area contributed by atoms with Crippen molar-refractivity contribution in [3.63, 3.8) is 0 Å². The molecule has 0 spiro atoms. The third kappa shape index (κ3) is 5.29. The molecule has 2 aromatic rings. The molecule has 1 unspecified atom stereocenters. The van der Waals surface area contributed by atoms with Crippen molar-refractivity contribution in [1.82, 2.24) is 10.6 Å². The Morgan fingerprint density at radius 1 is 1.07 bits per heavy atom. The van der Waals surface area contributed by atoms with Crippen LogP contribution in [-0.2, 0) is 16.0 Å². The highest BCUT2D eigenvalue weighted by Crippen LogP contribution is 2.30. The maximum atomic E-state index is 12.4. The summed E-state index contributed by atoms with van der Waals surface area (Å²) in [6.07, 6.45) is 11.5. The summed E-state index contributed by atoms with van der Waals surface area (Å²) in [5, 5.41) is 8.71. The largest absolute Gasteiger partial charge is 0.356 e. The van der Waals surface area contributed by atoms with E-state index in [0.29, 0.717) is 25.8 Å². The van der Waals surface area contributed by atoms with Crippen LogP contribution in [0.4, 0.5) is 0 Å². The molecule has 4 heteroatoms. The second kappa shape index (κ2) is 9.46. The normalized spacial score (nSPS) is 21.3. The van der Waals surface area contributed by atoms with E-state index in [9.17, 15) is 9.59 Å². The van der Waals surface area contributed by atoms with Crippen LogP contribution in [0.5, 0.6) is 0 Å². The lowest BCUT2D eigenvalue weighted by atomic mass is 9.84.